The number of nitrogens with zero attached hydrogens (tertiary/aromatic N) is 1. The number of likely N-dealkylation sites (tertiary alicyclic amines) is 1. The molecule has 0 aliphatic carbocycles. The maximum Gasteiger partial charge on any atom is 0.233 e. The topological polar surface area (TPSA) is 54.5 Å². The molecule has 0 aromatic rings. The quantitative estimate of drug-likeness (QED) is 0.458. The van der Waals surface area contributed by atoms with Crippen molar-refractivity contribution in [3.8, 4) is 0 Å². The van der Waals surface area contributed by atoms with Gasteiger partial charge in [-0.25, -0.2) is 0 Å². The molecule has 2 unspecified atom stereocenters. The van der Waals surface area contributed by atoms with Crippen LogP contribution in [-0.4, -0.2) is 29.0 Å². The van der Waals surface area contributed by atoms with Gasteiger partial charge in [0, 0.05) is 31.2 Å². The third kappa shape index (κ3) is 5.22. The van der Waals surface area contributed by atoms with Crippen molar-refractivity contribution in [1.29, 1.82) is 0 Å². The highest BCUT2D eigenvalue weighted by atomic mass is 16.2. The lowest BCUT2D eigenvalue weighted by Gasteiger charge is -2.16. The molecule has 0 bridgehead atoms. The average molecular weight is 309 g/mol. The lowest BCUT2D eigenvalue weighted by molar-refractivity contribution is -0.139. The maximum atomic E-state index is 12.1. The number of Topliss-reactive ketones (excluding diaryl/α,β-unsaturated/α-hetero) is 1. The minimum Gasteiger partial charge on any atom is -0.299 e. The first-order valence-electron chi connectivity index (χ1n) is 8.75. The van der Waals surface area contributed by atoms with E-state index in [9.17, 15) is 14.4 Å². The summed E-state index contributed by atoms with van der Waals surface area (Å²) in [6, 6.07) is 0. The zero-order valence-electron chi connectivity index (χ0n) is 14.6. The van der Waals surface area contributed by atoms with Gasteiger partial charge in [-0.1, -0.05) is 47.0 Å². The molecular formula is C18H31NO3. The Bertz CT molecular complexity index is 403. The zero-order chi connectivity index (χ0) is 16.7. The van der Waals surface area contributed by atoms with Crippen LogP contribution in [0.5, 0.6) is 0 Å². The monoisotopic (exact) mass is 309 g/mol. The van der Waals surface area contributed by atoms with E-state index in [1.807, 2.05) is 27.7 Å². The standard InChI is InChI=1S/C18H31NO3/c1-5-16(20)14(4)10-8-6-7-9-11-19-17(21)12-15(13(2)3)18(19)22/h13-15H,5-12H2,1-4H3. The molecule has 0 spiro atoms. The number of unbranched alkanes of at least 4 members (excludes halogenated alkanes) is 3. The summed E-state index contributed by atoms with van der Waals surface area (Å²) in [7, 11) is 0. The second-order valence-electron chi connectivity index (χ2n) is 6.86. The number of carbonyl (C=O) groups is 3. The summed E-state index contributed by atoms with van der Waals surface area (Å²) in [5.41, 5.74) is 0. The molecule has 2 amide bonds. The molecule has 1 fully saturated rings. The molecule has 4 heteroatoms. The second-order valence-corrected chi connectivity index (χ2v) is 6.86. The van der Waals surface area contributed by atoms with Crippen LogP contribution in [-0.2, 0) is 14.4 Å². The minimum atomic E-state index is -0.117. The third-order valence-corrected chi connectivity index (χ3v) is 4.75. The predicted molar refractivity (Wildman–Crippen MR) is 87.2 cm³/mol. The molecular weight excluding hydrogens is 278 g/mol. The van der Waals surface area contributed by atoms with E-state index in [2.05, 4.69) is 0 Å². The molecule has 0 aromatic carbocycles. The largest absolute Gasteiger partial charge is 0.299 e. The highest BCUT2D eigenvalue weighted by molar-refractivity contribution is 6.03. The van der Waals surface area contributed by atoms with Crippen molar-refractivity contribution in [3.05, 3.63) is 0 Å². The van der Waals surface area contributed by atoms with Crippen molar-refractivity contribution in [3.63, 3.8) is 0 Å². The Morgan fingerprint density at radius 3 is 2.32 bits per heavy atom. The van der Waals surface area contributed by atoms with E-state index in [1.165, 1.54) is 4.90 Å². The Labute approximate surface area is 134 Å². The number of hydrogen-bond donors (Lipinski definition) is 0. The summed E-state index contributed by atoms with van der Waals surface area (Å²) in [5.74, 6) is 0.631. The molecule has 1 heterocycles. The van der Waals surface area contributed by atoms with Gasteiger partial charge >= 0.3 is 0 Å². The van der Waals surface area contributed by atoms with Crippen LogP contribution in [0.25, 0.3) is 0 Å². The van der Waals surface area contributed by atoms with E-state index in [-0.39, 0.29) is 29.6 Å². The van der Waals surface area contributed by atoms with Gasteiger partial charge < -0.3 is 0 Å². The summed E-state index contributed by atoms with van der Waals surface area (Å²) in [4.78, 5) is 37.0. The van der Waals surface area contributed by atoms with Crippen LogP contribution in [0.2, 0.25) is 0 Å². The first kappa shape index (κ1) is 18.9. The van der Waals surface area contributed by atoms with E-state index in [4.69, 9.17) is 0 Å². The molecule has 1 aliphatic heterocycles. The van der Waals surface area contributed by atoms with E-state index in [0.717, 1.165) is 32.1 Å². The summed E-state index contributed by atoms with van der Waals surface area (Å²) >= 11 is 0. The highest BCUT2D eigenvalue weighted by Gasteiger charge is 2.39. The van der Waals surface area contributed by atoms with Crippen molar-refractivity contribution in [2.75, 3.05) is 6.54 Å². The Hall–Kier alpha value is -1.19. The Morgan fingerprint density at radius 2 is 1.77 bits per heavy atom. The van der Waals surface area contributed by atoms with Gasteiger partial charge in [0.15, 0.2) is 0 Å². The van der Waals surface area contributed by atoms with Crippen molar-refractivity contribution in [1.82, 2.24) is 4.90 Å². The average Bonchev–Trinajstić information content (AvgIpc) is 2.77. The van der Waals surface area contributed by atoms with E-state index in [0.29, 0.717) is 25.2 Å². The molecule has 22 heavy (non-hydrogen) atoms. The van der Waals surface area contributed by atoms with Crippen LogP contribution in [0, 0.1) is 17.8 Å². The molecule has 4 nitrogen and oxygen atoms in total. The Kier molecular flexibility index (Phi) is 7.77. The Morgan fingerprint density at radius 1 is 1.14 bits per heavy atom. The van der Waals surface area contributed by atoms with Crippen molar-refractivity contribution in [2.24, 2.45) is 17.8 Å². The van der Waals surface area contributed by atoms with Gasteiger partial charge in [-0.2, -0.15) is 0 Å². The normalized spacial score (nSPS) is 20.0. The number of carbonyl (C=O) groups excluding carboxylic acids is 3. The van der Waals surface area contributed by atoms with Crippen LogP contribution in [0.15, 0.2) is 0 Å². The molecule has 126 valence electrons. The van der Waals surface area contributed by atoms with Gasteiger partial charge in [-0.05, 0) is 18.8 Å². The van der Waals surface area contributed by atoms with Crippen molar-refractivity contribution < 1.29 is 14.4 Å². The summed E-state index contributed by atoms with van der Waals surface area (Å²) < 4.78 is 0. The van der Waals surface area contributed by atoms with Gasteiger partial charge in [-0.3, -0.25) is 19.3 Å². The van der Waals surface area contributed by atoms with Crippen LogP contribution < -0.4 is 0 Å². The van der Waals surface area contributed by atoms with Crippen LogP contribution in [0.4, 0.5) is 0 Å². The van der Waals surface area contributed by atoms with Crippen LogP contribution >= 0.6 is 0 Å². The van der Waals surface area contributed by atoms with Gasteiger partial charge in [0.1, 0.15) is 5.78 Å². The molecule has 0 N–H and O–H groups in total. The fourth-order valence-electron chi connectivity index (χ4n) is 3.05. The Balaban J connectivity index is 2.19. The number of imide groups is 1. The van der Waals surface area contributed by atoms with Gasteiger partial charge in [0.2, 0.25) is 11.8 Å². The molecule has 0 aromatic heterocycles. The highest BCUT2D eigenvalue weighted by Crippen LogP contribution is 2.26. The predicted octanol–water partition coefficient (Wildman–Crippen LogP) is 3.58. The van der Waals surface area contributed by atoms with Gasteiger partial charge in [-0.15, -0.1) is 0 Å². The fraction of sp³-hybridized carbons (Fsp3) is 0.833. The SMILES string of the molecule is CCC(=O)C(C)CCCCCCN1C(=O)CC(C(C)C)C1=O. The number of rotatable bonds is 10. The molecule has 2 atom stereocenters. The smallest absolute Gasteiger partial charge is 0.233 e. The lowest BCUT2D eigenvalue weighted by Crippen LogP contribution is -2.32. The number of hydrogen-bond acceptors (Lipinski definition) is 3. The molecule has 1 aliphatic rings. The molecule has 0 saturated carbocycles. The van der Waals surface area contributed by atoms with Gasteiger partial charge in [0.25, 0.3) is 0 Å². The molecule has 1 saturated heterocycles. The van der Waals surface area contributed by atoms with Crippen molar-refractivity contribution >= 4 is 17.6 Å². The van der Waals surface area contributed by atoms with E-state index < -0.39 is 0 Å². The molecule has 0 radical (unpaired) electrons. The second kappa shape index (κ2) is 9.06. The lowest BCUT2D eigenvalue weighted by atomic mass is 9.94. The van der Waals surface area contributed by atoms with E-state index in [1.54, 1.807) is 0 Å². The zero-order valence-corrected chi connectivity index (χ0v) is 14.6. The van der Waals surface area contributed by atoms with Gasteiger partial charge in [0.05, 0.1) is 0 Å². The molecule has 1 rings (SSSR count). The number of amides is 2. The van der Waals surface area contributed by atoms with Crippen LogP contribution in [0.1, 0.15) is 72.6 Å². The van der Waals surface area contributed by atoms with E-state index >= 15 is 0 Å². The fourth-order valence-corrected chi connectivity index (χ4v) is 3.05. The summed E-state index contributed by atoms with van der Waals surface area (Å²) in [6.07, 6.45) is 5.94. The first-order valence-corrected chi connectivity index (χ1v) is 8.75. The summed E-state index contributed by atoms with van der Waals surface area (Å²) in [5, 5.41) is 0. The minimum absolute atomic E-state index is 0.00846. The van der Waals surface area contributed by atoms with Crippen molar-refractivity contribution in [2.45, 2.75) is 72.6 Å². The summed E-state index contributed by atoms with van der Waals surface area (Å²) in [6.45, 7) is 8.47. The maximum absolute atomic E-state index is 12.1. The third-order valence-electron chi connectivity index (χ3n) is 4.75. The first-order chi connectivity index (χ1) is 10.4. The number of ketones is 1. The van der Waals surface area contributed by atoms with Crippen LogP contribution in [0.3, 0.4) is 0 Å².